The Kier molecular flexibility index (Phi) is 3.85. The minimum Gasteiger partial charge on any atom is -0.467 e. The predicted molar refractivity (Wildman–Crippen MR) is 78.7 cm³/mol. The summed E-state index contributed by atoms with van der Waals surface area (Å²) >= 11 is 1.65. The van der Waals surface area contributed by atoms with Crippen LogP contribution in [-0.4, -0.2) is 21.5 Å². The molecule has 0 radical (unpaired) electrons. The lowest BCUT2D eigenvalue weighted by atomic mass is 10.3. The normalized spacial score (nSPS) is 10.8. The number of aliphatic hydroxyl groups excluding tert-OH is 1. The number of rotatable bonds is 6. The highest BCUT2D eigenvalue weighted by Crippen LogP contribution is 2.26. The summed E-state index contributed by atoms with van der Waals surface area (Å²) in [7, 11) is 0. The standard InChI is InChI=1S/C14H15N3O2S/c18-6-5-17-14(15-10-11-3-1-7-19-11)9-12(16-17)13-4-2-8-20-13/h1-4,7-9,15,18H,5-6,10H2. The van der Waals surface area contributed by atoms with Crippen LogP contribution in [-0.2, 0) is 13.1 Å². The van der Waals surface area contributed by atoms with Gasteiger partial charge in [-0.1, -0.05) is 6.07 Å². The monoisotopic (exact) mass is 289 g/mol. The van der Waals surface area contributed by atoms with Crippen LogP contribution in [0.2, 0.25) is 0 Å². The van der Waals surface area contributed by atoms with Gasteiger partial charge >= 0.3 is 0 Å². The van der Waals surface area contributed by atoms with Gasteiger partial charge in [-0.25, -0.2) is 4.68 Å². The Labute approximate surface area is 120 Å². The van der Waals surface area contributed by atoms with Crippen LogP contribution in [0, 0.1) is 0 Å². The van der Waals surface area contributed by atoms with E-state index in [4.69, 9.17) is 9.52 Å². The summed E-state index contributed by atoms with van der Waals surface area (Å²) in [6.45, 7) is 1.11. The van der Waals surface area contributed by atoms with E-state index in [0.29, 0.717) is 13.1 Å². The maximum absolute atomic E-state index is 9.13. The van der Waals surface area contributed by atoms with Crippen molar-refractivity contribution in [3.05, 3.63) is 47.7 Å². The Morgan fingerprint density at radius 3 is 3.00 bits per heavy atom. The van der Waals surface area contributed by atoms with E-state index in [1.165, 1.54) is 0 Å². The van der Waals surface area contributed by atoms with Gasteiger partial charge in [0.25, 0.3) is 0 Å². The molecule has 0 saturated carbocycles. The summed E-state index contributed by atoms with van der Waals surface area (Å²) in [5, 5.41) is 19.0. The molecule has 0 aromatic carbocycles. The van der Waals surface area contributed by atoms with Crippen molar-refractivity contribution in [2.75, 3.05) is 11.9 Å². The van der Waals surface area contributed by atoms with E-state index in [9.17, 15) is 0 Å². The third kappa shape index (κ3) is 2.76. The zero-order chi connectivity index (χ0) is 13.8. The molecule has 104 valence electrons. The van der Waals surface area contributed by atoms with Gasteiger partial charge in [0.2, 0.25) is 0 Å². The molecular weight excluding hydrogens is 274 g/mol. The van der Waals surface area contributed by atoms with Crippen molar-refractivity contribution < 1.29 is 9.52 Å². The second kappa shape index (κ2) is 5.94. The Balaban J connectivity index is 1.80. The molecule has 0 aliphatic rings. The molecule has 3 aromatic rings. The number of nitrogens with zero attached hydrogens (tertiary/aromatic N) is 2. The van der Waals surface area contributed by atoms with Gasteiger partial charge in [-0.3, -0.25) is 0 Å². The number of furan rings is 1. The summed E-state index contributed by atoms with van der Waals surface area (Å²) in [5.74, 6) is 1.73. The minimum absolute atomic E-state index is 0.0565. The molecule has 0 spiro atoms. The van der Waals surface area contributed by atoms with E-state index in [0.717, 1.165) is 22.1 Å². The number of hydrogen-bond donors (Lipinski definition) is 2. The molecule has 0 atom stereocenters. The van der Waals surface area contributed by atoms with Gasteiger partial charge in [0.05, 0.1) is 30.8 Å². The quantitative estimate of drug-likeness (QED) is 0.732. The van der Waals surface area contributed by atoms with Crippen molar-refractivity contribution in [3.8, 4) is 10.6 Å². The van der Waals surface area contributed by atoms with E-state index in [1.54, 1.807) is 22.3 Å². The predicted octanol–water partition coefficient (Wildman–Crippen LogP) is 2.81. The molecular formula is C14H15N3O2S. The largest absolute Gasteiger partial charge is 0.467 e. The number of aliphatic hydroxyl groups is 1. The number of nitrogens with one attached hydrogen (secondary N) is 1. The fraction of sp³-hybridized carbons (Fsp3) is 0.214. The highest BCUT2D eigenvalue weighted by atomic mass is 32.1. The van der Waals surface area contributed by atoms with Crippen LogP contribution in [0.4, 0.5) is 5.82 Å². The third-order valence-corrected chi connectivity index (χ3v) is 3.78. The Morgan fingerprint density at radius 2 is 2.30 bits per heavy atom. The van der Waals surface area contributed by atoms with Crippen LogP contribution in [0.5, 0.6) is 0 Å². The lowest BCUT2D eigenvalue weighted by molar-refractivity contribution is 0.270. The number of hydrogen-bond acceptors (Lipinski definition) is 5. The SMILES string of the molecule is OCCn1nc(-c2cccs2)cc1NCc1ccco1. The van der Waals surface area contributed by atoms with E-state index < -0.39 is 0 Å². The van der Waals surface area contributed by atoms with Crippen LogP contribution < -0.4 is 5.32 Å². The average molecular weight is 289 g/mol. The maximum atomic E-state index is 9.13. The average Bonchev–Trinajstić information content (AvgIpc) is 3.19. The first kappa shape index (κ1) is 13.0. The van der Waals surface area contributed by atoms with Gasteiger partial charge in [0.1, 0.15) is 17.3 Å². The molecule has 3 heterocycles. The molecule has 3 rings (SSSR count). The molecule has 5 nitrogen and oxygen atoms in total. The first-order valence-corrected chi connectivity index (χ1v) is 7.23. The lowest BCUT2D eigenvalue weighted by Crippen LogP contribution is -2.09. The van der Waals surface area contributed by atoms with Gasteiger partial charge in [-0.15, -0.1) is 11.3 Å². The van der Waals surface area contributed by atoms with Crippen molar-refractivity contribution in [3.63, 3.8) is 0 Å². The fourth-order valence-corrected chi connectivity index (χ4v) is 2.64. The van der Waals surface area contributed by atoms with Gasteiger partial charge in [-0.2, -0.15) is 5.10 Å². The molecule has 20 heavy (non-hydrogen) atoms. The lowest BCUT2D eigenvalue weighted by Gasteiger charge is -2.06. The molecule has 0 amide bonds. The van der Waals surface area contributed by atoms with E-state index in [1.807, 2.05) is 35.7 Å². The third-order valence-electron chi connectivity index (χ3n) is 2.89. The second-order valence-corrected chi connectivity index (χ2v) is 5.22. The number of anilines is 1. The van der Waals surface area contributed by atoms with E-state index in [2.05, 4.69) is 10.4 Å². The summed E-state index contributed by atoms with van der Waals surface area (Å²) in [5.41, 5.74) is 0.912. The van der Waals surface area contributed by atoms with Gasteiger partial charge in [0.15, 0.2) is 0 Å². The first-order chi connectivity index (χ1) is 9.86. The maximum Gasteiger partial charge on any atom is 0.125 e. The molecule has 0 saturated heterocycles. The van der Waals surface area contributed by atoms with Gasteiger partial charge in [0, 0.05) is 6.07 Å². The topological polar surface area (TPSA) is 63.2 Å². The highest BCUT2D eigenvalue weighted by Gasteiger charge is 2.10. The van der Waals surface area contributed by atoms with Crippen molar-refractivity contribution in [2.45, 2.75) is 13.1 Å². The van der Waals surface area contributed by atoms with Gasteiger partial charge in [-0.05, 0) is 23.6 Å². The van der Waals surface area contributed by atoms with Crippen LogP contribution in [0.3, 0.4) is 0 Å². The summed E-state index contributed by atoms with van der Waals surface area (Å²) in [6, 6.07) is 9.80. The fourth-order valence-electron chi connectivity index (χ4n) is 1.96. The van der Waals surface area contributed by atoms with Gasteiger partial charge < -0.3 is 14.8 Å². The van der Waals surface area contributed by atoms with Crippen molar-refractivity contribution in [2.24, 2.45) is 0 Å². The molecule has 3 aromatic heterocycles. The van der Waals surface area contributed by atoms with E-state index >= 15 is 0 Å². The van der Waals surface area contributed by atoms with Crippen molar-refractivity contribution in [1.29, 1.82) is 0 Å². The van der Waals surface area contributed by atoms with Crippen molar-refractivity contribution >= 4 is 17.2 Å². The number of aromatic nitrogens is 2. The van der Waals surface area contributed by atoms with Crippen LogP contribution >= 0.6 is 11.3 Å². The molecule has 6 heteroatoms. The van der Waals surface area contributed by atoms with E-state index in [-0.39, 0.29) is 6.61 Å². The zero-order valence-corrected chi connectivity index (χ0v) is 11.6. The highest BCUT2D eigenvalue weighted by molar-refractivity contribution is 7.13. The summed E-state index contributed by atoms with van der Waals surface area (Å²) < 4.78 is 7.07. The van der Waals surface area contributed by atoms with Crippen LogP contribution in [0.1, 0.15) is 5.76 Å². The molecule has 0 bridgehead atoms. The van der Waals surface area contributed by atoms with Crippen molar-refractivity contribution in [1.82, 2.24) is 9.78 Å². The summed E-state index contributed by atoms with van der Waals surface area (Å²) in [4.78, 5) is 1.11. The molecule has 0 aliphatic carbocycles. The Morgan fingerprint density at radius 1 is 1.35 bits per heavy atom. The smallest absolute Gasteiger partial charge is 0.125 e. The molecule has 2 N–H and O–H groups in total. The number of thiophene rings is 1. The zero-order valence-electron chi connectivity index (χ0n) is 10.8. The molecule has 0 fully saturated rings. The Hall–Kier alpha value is -2.05. The Bertz CT molecular complexity index is 644. The first-order valence-electron chi connectivity index (χ1n) is 6.35. The summed E-state index contributed by atoms with van der Waals surface area (Å²) in [6.07, 6.45) is 1.65. The second-order valence-electron chi connectivity index (χ2n) is 4.27. The molecule has 0 unspecified atom stereocenters. The molecule has 0 aliphatic heterocycles. The minimum atomic E-state index is 0.0565. The van der Waals surface area contributed by atoms with Crippen LogP contribution in [0.15, 0.2) is 46.4 Å². The van der Waals surface area contributed by atoms with Crippen LogP contribution in [0.25, 0.3) is 10.6 Å².